The maximum Gasteiger partial charge on any atom is 0.213 e. The quantitative estimate of drug-likeness (QED) is 0.769. The zero-order chi connectivity index (χ0) is 13.1. The third kappa shape index (κ3) is 3.41. The Morgan fingerprint density at radius 3 is 2.53 bits per heavy atom. The molecular formula is C11H18N2O3S. The Morgan fingerprint density at radius 1 is 1.41 bits per heavy atom. The van der Waals surface area contributed by atoms with E-state index in [1.54, 1.807) is 13.0 Å². The van der Waals surface area contributed by atoms with Crippen LogP contribution in [0, 0.1) is 13.8 Å². The monoisotopic (exact) mass is 258 g/mol. The van der Waals surface area contributed by atoms with E-state index in [2.05, 4.69) is 4.72 Å². The van der Waals surface area contributed by atoms with Gasteiger partial charge in [-0.15, -0.1) is 0 Å². The minimum atomic E-state index is -3.22. The summed E-state index contributed by atoms with van der Waals surface area (Å²) >= 11 is 0. The van der Waals surface area contributed by atoms with Gasteiger partial charge in [0, 0.05) is 30.0 Å². The molecule has 0 spiro atoms. The number of aryl methyl sites for hydroxylation is 1. The number of aldehydes is 1. The van der Waals surface area contributed by atoms with Crippen LogP contribution in [0.25, 0.3) is 0 Å². The summed E-state index contributed by atoms with van der Waals surface area (Å²) < 4.78 is 27.3. The van der Waals surface area contributed by atoms with Crippen LogP contribution in [0.4, 0.5) is 0 Å². The summed E-state index contributed by atoms with van der Waals surface area (Å²) in [5, 5.41) is 0. The van der Waals surface area contributed by atoms with Crippen LogP contribution in [0.1, 0.15) is 28.7 Å². The van der Waals surface area contributed by atoms with E-state index < -0.39 is 10.0 Å². The highest BCUT2D eigenvalue weighted by atomic mass is 32.2. The lowest BCUT2D eigenvalue weighted by Crippen LogP contribution is -2.28. The smallest absolute Gasteiger partial charge is 0.213 e. The number of nitrogens with one attached hydrogen (secondary N) is 1. The fourth-order valence-electron chi connectivity index (χ4n) is 1.79. The van der Waals surface area contributed by atoms with Crippen molar-refractivity contribution in [3.8, 4) is 0 Å². The number of aromatic nitrogens is 1. The second kappa shape index (κ2) is 5.46. The van der Waals surface area contributed by atoms with E-state index in [9.17, 15) is 13.2 Å². The first-order valence-corrected chi connectivity index (χ1v) is 7.15. The second-order valence-electron chi connectivity index (χ2n) is 3.91. The average molecular weight is 258 g/mol. The minimum Gasteiger partial charge on any atom is -0.347 e. The molecule has 1 N–H and O–H groups in total. The molecule has 96 valence electrons. The molecule has 1 aromatic heterocycles. The first kappa shape index (κ1) is 13.9. The van der Waals surface area contributed by atoms with Crippen molar-refractivity contribution < 1.29 is 13.2 Å². The lowest BCUT2D eigenvalue weighted by Gasteiger charge is -2.10. The van der Waals surface area contributed by atoms with Gasteiger partial charge in [0.25, 0.3) is 0 Å². The van der Waals surface area contributed by atoms with E-state index in [0.29, 0.717) is 18.7 Å². The summed E-state index contributed by atoms with van der Waals surface area (Å²) in [4.78, 5) is 10.8. The fraction of sp³-hybridized carbons (Fsp3) is 0.545. The fourth-order valence-corrected chi connectivity index (χ4v) is 2.80. The van der Waals surface area contributed by atoms with E-state index in [0.717, 1.165) is 17.7 Å². The van der Waals surface area contributed by atoms with Crippen molar-refractivity contribution in [2.24, 2.45) is 0 Å². The highest BCUT2D eigenvalue weighted by molar-refractivity contribution is 7.89. The van der Waals surface area contributed by atoms with Gasteiger partial charge in [0.05, 0.1) is 5.75 Å². The van der Waals surface area contributed by atoms with Crippen molar-refractivity contribution in [1.29, 1.82) is 0 Å². The second-order valence-corrected chi connectivity index (χ2v) is 5.84. The third-order valence-electron chi connectivity index (χ3n) is 2.69. The molecule has 0 radical (unpaired) electrons. The SMILES string of the molecule is CCNS(=O)(=O)CCn1c(C)cc(C=O)c1C. The summed E-state index contributed by atoms with van der Waals surface area (Å²) in [5.41, 5.74) is 2.32. The Labute approximate surface area is 102 Å². The van der Waals surface area contributed by atoms with Gasteiger partial charge in [-0.3, -0.25) is 4.79 Å². The summed E-state index contributed by atoms with van der Waals surface area (Å²) in [6, 6.07) is 1.77. The zero-order valence-corrected chi connectivity index (χ0v) is 11.2. The molecule has 0 bridgehead atoms. The number of sulfonamides is 1. The first-order valence-electron chi connectivity index (χ1n) is 5.50. The zero-order valence-electron chi connectivity index (χ0n) is 10.4. The van der Waals surface area contributed by atoms with Gasteiger partial charge >= 0.3 is 0 Å². The maximum atomic E-state index is 11.5. The van der Waals surface area contributed by atoms with Gasteiger partial charge in [-0.1, -0.05) is 6.92 Å². The summed E-state index contributed by atoms with van der Waals surface area (Å²) in [6.45, 7) is 6.18. The Kier molecular flexibility index (Phi) is 4.47. The number of hydrogen-bond acceptors (Lipinski definition) is 3. The Hall–Kier alpha value is -1.14. The van der Waals surface area contributed by atoms with Gasteiger partial charge in [0.15, 0.2) is 6.29 Å². The predicted octanol–water partition coefficient (Wildman–Crippen LogP) is 0.857. The van der Waals surface area contributed by atoms with Crippen molar-refractivity contribution in [1.82, 2.24) is 9.29 Å². The Bertz CT molecular complexity index is 503. The molecule has 0 amide bonds. The first-order chi connectivity index (χ1) is 7.91. The summed E-state index contributed by atoms with van der Waals surface area (Å²) in [7, 11) is -3.22. The molecule has 5 nitrogen and oxygen atoms in total. The molecular weight excluding hydrogens is 240 g/mol. The highest BCUT2D eigenvalue weighted by Gasteiger charge is 2.12. The largest absolute Gasteiger partial charge is 0.347 e. The van der Waals surface area contributed by atoms with Crippen LogP contribution in [-0.4, -0.2) is 31.6 Å². The van der Waals surface area contributed by atoms with Crippen LogP contribution in [0.5, 0.6) is 0 Å². The lowest BCUT2D eigenvalue weighted by atomic mass is 10.3. The van der Waals surface area contributed by atoms with Gasteiger partial charge in [-0.25, -0.2) is 13.1 Å². The highest BCUT2D eigenvalue weighted by Crippen LogP contribution is 2.13. The van der Waals surface area contributed by atoms with Gasteiger partial charge < -0.3 is 4.57 Å². The number of hydrogen-bond donors (Lipinski definition) is 1. The molecule has 0 aliphatic heterocycles. The van der Waals surface area contributed by atoms with Gasteiger partial charge in [-0.2, -0.15) is 0 Å². The minimum absolute atomic E-state index is 0.0233. The molecule has 17 heavy (non-hydrogen) atoms. The van der Waals surface area contributed by atoms with E-state index in [4.69, 9.17) is 0 Å². The molecule has 0 atom stereocenters. The Morgan fingerprint density at radius 2 is 2.06 bits per heavy atom. The van der Waals surface area contributed by atoms with E-state index in [1.165, 1.54) is 0 Å². The molecule has 0 unspecified atom stereocenters. The molecule has 0 aliphatic carbocycles. The standard InChI is InChI=1S/C11H18N2O3S/c1-4-12-17(15,16)6-5-13-9(2)7-11(8-14)10(13)3/h7-8,12H,4-6H2,1-3H3. The number of nitrogens with zero attached hydrogens (tertiary/aromatic N) is 1. The van der Waals surface area contributed by atoms with Crippen LogP contribution in [0.2, 0.25) is 0 Å². The maximum absolute atomic E-state index is 11.5. The molecule has 6 heteroatoms. The van der Waals surface area contributed by atoms with Crippen molar-refractivity contribution >= 4 is 16.3 Å². The van der Waals surface area contributed by atoms with Crippen LogP contribution in [-0.2, 0) is 16.6 Å². The van der Waals surface area contributed by atoms with Gasteiger partial charge in [0.2, 0.25) is 10.0 Å². The van der Waals surface area contributed by atoms with Crippen LogP contribution in [0.15, 0.2) is 6.07 Å². The van der Waals surface area contributed by atoms with Crippen molar-refractivity contribution in [2.75, 3.05) is 12.3 Å². The van der Waals surface area contributed by atoms with Gasteiger partial charge in [-0.05, 0) is 19.9 Å². The van der Waals surface area contributed by atoms with E-state index in [-0.39, 0.29) is 5.75 Å². The van der Waals surface area contributed by atoms with E-state index >= 15 is 0 Å². The van der Waals surface area contributed by atoms with Crippen LogP contribution < -0.4 is 4.72 Å². The number of carbonyl (C=O) groups excluding carboxylic acids is 1. The predicted molar refractivity (Wildman–Crippen MR) is 66.8 cm³/mol. The molecule has 1 rings (SSSR count). The lowest BCUT2D eigenvalue weighted by molar-refractivity contribution is 0.112. The summed E-state index contributed by atoms with van der Waals surface area (Å²) in [5.74, 6) is 0.0233. The molecule has 0 saturated carbocycles. The van der Waals surface area contributed by atoms with Crippen LogP contribution in [0.3, 0.4) is 0 Å². The molecule has 0 fully saturated rings. The van der Waals surface area contributed by atoms with Crippen molar-refractivity contribution in [3.63, 3.8) is 0 Å². The molecule has 0 saturated heterocycles. The average Bonchev–Trinajstić information content (AvgIpc) is 2.51. The van der Waals surface area contributed by atoms with E-state index in [1.807, 2.05) is 18.4 Å². The number of carbonyl (C=O) groups is 1. The van der Waals surface area contributed by atoms with Crippen molar-refractivity contribution in [2.45, 2.75) is 27.3 Å². The molecule has 0 aliphatic rings. The third-order valence-corrected chi connectivity index (χ3v) is 4.14. The Balaban J connectivity index is 2.83. The number of rotatable bonds is 6. The normalized spacial score (nSPS) is 11.7. The van der Waals surface area contributed by atoms with Gasteiger partial charge in [0.1, 0.15) is 0 Å². The van der Waals surface area contributed by atoms with Crippen LogP contribution >= 0.6 is 0 Å². The molecule has 1 aromatic rings. The summed E-state index contributed by atoms with van der Waals surface area (Å²) in [6.07, 6.45) is 0.789. The van der Waals surface area contributed by atoms with Crippen molar-refractivity contribution in [3.05, 3.63) is 23.0 Å². The molecule has 0 aromatic carbocycles. The molecule has 1 heterocycles. The topological polar surface area (TPSA) is 68.2 Å².